The highest BCUT2D eigenvalue weighted by Crippen LogP contribution is 2.08. The van der Waals surface area contributed by atoms with Crippen LogP contribution in [0.25, 0.3) is 0 Å². The summed E-state index contributed by atoms with van der Waals surface area (Å²) in [6.07, 6.45) is 3.80. The number of nitrogens with zero attached hydrogens (tertiary/aromatic N) is 3. The van der Waals surface area contributed by atoms with Crippen LogP contribution < -0.4 is 4.74 Å². The molecule has 0 bridgehead atoms. The molecule has 1 aliphatic heterocycles. The van der Waals surface area contributed by atoms with Gasteiger partial charge in [-0.1, -0.05) is 0 Å². The van der Waals surface area contributed by atoms with Crippen molar-refractivity contribution in [3.05, 3.63) is 18.0 Å². The summed E-state index contributed by atoms with van der Waals surface area (Å²) in [5.41, 5.74) is 0.832. The molecule has 0 aromatic carbocycles. The number of carbonyl (C=O) groups excluding carboxylic acids is 1. The third-order valence-electron chi connectivity index (χ3n) is 2.56. The van der Waals surface area contributed by atoms with Gasteiger partial charge in [0.15, 0.2) is 6.61 Å². The number of aromatic nitrogens is 2. The first kappa shape index (κ1) is 10.9. The SMILES string of the molecule is Cc1ccnc(OCC(=O)N2CCCC2)n1. The minimum absolute atomic E-state index is 0.0163. The van der Waals surface area contributed by atoms with Gasteiger partial charge >= 0.3 is 6.01 Å². The number of hydrogen-bond donors (Lipinski definition) is 0. The average Bonchev–Trinajstić information content (AvgIpc) is 2.79. The van der Waals surface area contributed by atoms with Crippen LogP contribution in [0.3, 0.4) is 0 Å². The van der Waals surface area contributed by atoms with Crippen LogP contribution in [0.2, 0.25) is 0 Å². The molecule has 0 N–H and O–H groups in total. The number of amides is 1. The number of aryl methyl sites for hydroxylation is 1. The van der Waals surface area contributed by atoms with Crippen molar-refractivity contribution in [2.24, 2.45) is 0 Å². The molecule has 16 heavy (non-hydrogen) atoms. The van der Waals surface area contributed by atoms with Crippen LogP contribution in [0.1, 0.15) is 18.5 Å². The van der Waals surface area contributed by atoms with E-state index in [4.69, 9.17) is 4.74 Å². The maximum absolute atomic E-state index is 11.6. The van der Waals surface area contributed by atoms with Crippen LogP contribution in [0.4, 0.5) is 0 Å². The van der Waals surface area contributed by atoms with Crippen molar-refractivity contribution < 1.29 is 9.53 Å². The number of rotatable bonds is 3. The summed E-state index contributed by atoms with van der Waals surface area (Å²) in [6, 6.07) is 2.06. The summed E-state index contributed by atoms with van der Waals surface area (Å²) in [4.78, 5) is 21.5. The Morgan fingerprint density at radius 1 is 1.50 bits per heavy atom. The highest BCUT2D eigenvalue weighted by atomic mass is 16.5. The minimum atomic E-state index is 0.0163. The van der Waals surface area contributed by atoms with Gasteiger partial charge in [-0.3, -0.25) is 4.79 Å². The molecular formula is C11H15N3O2. The summed E-state index contributed by atoms with van der Waals surface area (Å²) < 4.78 is 5.25. The molecule has 86 valence electrons. The van der Waals surface area contributed by atoms with Crippen LogP contribution >= 0.6 is 0 Å². The summed E-state index contributed by atoms with van der Waals surface area (Å²) in [7, 11) is 0. The second-order valence-electron chi connectivity index (χ2n) is 3.86. The summed E-state index contributed by atoms with van der Waals surface area (Å²) >= 11 is 0. The average molecular weight is 221 g/mol. The number of ether oxygens (including phenoxy) is 1. The molecule has 1 aromatic rings. The number of likely N-dealkylation sites (tertiary alicyclic amines) is 1. The van der Waals surface area contributed by atoms with E-state index in [2.05, 4.69) is 9.97 Å². The first-order chi connectivity index (χ1) is 7.75. The Balaban J connectivity index is 1.84. The number of hydrogen-bond acceptors (Lipinski definition) is 4. The van der Waals surface area contributed by atoms with Gasteiger partial charge in [-0.15, -0.1) is 0 Å². The van der Waals surface area contributed by atoms with E-state index in [1.807, 2.05) is 11.8 Å². The van der Waals surface area contributed by atoms with Crippen molar-refractivity contribution in [3.8, 4) is 6.01 Å². The molecule has 0 saturated carbocycles. The van der Waals surface area contributed by atoms with Crippen LogP contribution in [0.5, 0.6) is 6.01 Å². The molecule has 1 amide bonds. The summed E-state index contributed by atoms with van der Waals surface area (Å²) in [5.74, 6) is 0.0163. The highest BCUT2D eigenvalue weighted by molar-refractivity contribution is 5.77. The van der Waals surface area contributed by atoms with E-state index in [1.165, 1.54) is 0 Å². The molecule has 1 fully saturated rings. The monoisotopic (exact) mass is 221 g/mol. The zero-order valence-corrected chi connectivity index (χ0v) is 9.35. The van der Waals surface area contributed by atoms with Gasteiger partial charge in [0.1, 0.15) is 0 Å². The van der Waals surface area contributed by atoms with Crippen LogP contribution in [0.15, 0.2) is 12.3 Å². The fourth-order valence-corrected chi connectivity index (χ4v) is 1.68. The molecule has 0 spiro atoms. The topological polar surface area (TPSA) is 55.3 Å². The van der Waals surface area contributed by atoms with Crippen LogP contribution in [-0.2, 0) is 4.79 Å². The Labute approximate surface area is 94.5 Å². The Morgan fingerprint density at radius 2 is 2.25 bits per heavy atom. The Bertz CT molecular complexity index is 375. The Kier molecular flexibility index (Phi) is 3.34. The maximum atomic E-state index is 11.6. The molecule has 1 aromatic heterocycles. The van der Waals surface area contributed by atoms with Crippen molar-refractivity contribution in [1.29, 1.82) is 0 Å². The predicted octanol–water partition coefficient (Wildman–Crippen LogP) is 0.786. The standard InChI is InChI=1S/C11H15N3O2/c1-9-4-5-12-11(13-9)16-8-10(15)14-6-2-3-7-14/h4-5H,2-3,6-8H2,1H3. The number of carbonyl (C=O) groups is 1. The molecule has 0 unspecified atom stereocenters. The van der Waals surface area contributed by atoms with Gasteiger partial charge in [0.05, 0.1) is 0 Å². The highest BCUT2D eigenvalue weighted by Gasteiger charge is 2.18. The summed E-state index contributed by atoms with van der Waals surface area (Å²) in [6.45, 7) is 3.58. The van der Waals surface area contributed by atoms with E-state index in [0.717, 1.165) is 31.6 Å². The quantitative estimate of drug-likeness (QED) is 0.757. The van der Waals surface area contributed by atoms with Crippen molar-refractivity contribution in [2.45, 2.75) is 19.8 Å². The lowest BCUT2D eigenvalue weighted by Gasteiger charge is -2.14. The smallest absolute Gasteiger partial charge is 0.317 e. The van der Waals surface area contributed by atoms with E-state index in [-0.39, 0.29) is 18.5 Å². The molecule has 2 rings (SSSR count). The molecule has 1 aliphatic rings. The zero-order valence-electron chi connectivity index (χ0n) is 9.35. The van der Waals surface area contributed by atoms with E-state index in [1.54, 1.807) is 12.3 Å². The fraction of sp³-hybridized carbons (Fsp3) is 0.545. The molecule has 5 nitrogen and oxygen atoms in total. The largest absolute Gasteiger partial charge is 0.453 e. The fourth-order valence-electron chi connectivity index (χ4n) is 1.68. The van der Waals surface area contributed by atoms with Crippen molar-refractivity contribution in [1.82, 2.24) is 14.9 Å². The molecule has 5 heteroatoms. The minimum Gasteiger partial charge on any atom is -0.453 e. The third kappa shape index (κ3) is 2.68. The van der Waals surface area contributed by atoms with Gasteiger partial charge in [-0.25, -0.2) is 9.97 Å². The van der Waals surface area contributed by atoms with Crippen molar-refractivity contribution in [2.75, 3.05) is 19.7 Å². The lowest BCUT2D eigenvalue weighted by atomic mass is 10.4. The Hall–Kier alpha value is -1.65. The van der Waals surface area contributed by atoms with Crippen LogP contribution in [-0.4, -0.2) is 40.5 Å². The molecule has 0 aliphatic carbocycles. The van der Waals surface area contributed by atoms with Gasteiger partial charge in [0, 0.05) is 25.0 Å². The van der Waals surface area contributed by atoms with E-state index in [0.29, 0.717) is 0 Å². The van der Waals surface area contributed by atoms with E-state index < -0.39 is 0 Å². The molecule has 2 heterocycles. The van der Waals surface area contributed by atoms with E-state index >= 15 is 0 Å². The first-order valence-electron chi connectivity index (χ1n) is 5.46. The van der Waals surface area contributed by atoms with Crippen molar-refractivity contribution >= 4 is 5.91 Å². The normalized spacial score (nSPS) is 15.2. The molecule has 0 atom stereocenters. The third-order valence-corrected chi connectivity index (χ3v) is 2.56. The van der Waals surface area contributed by atoms with Crippen molar-refractivity contribution in [3.63, 3.8) is 0 Å². The Morgan fingerprint density at radius 3 is 2.94 bits per heavy atom. The van der Waals surface area contributed by atoms with Gasteiger partial charge in [-0.05, 0) is 25.8 Å². The van der Waals surface area contributed by atoms with Gasteiger partial charge in [-0.2, -0.15) is 0 Å². The second kappa shape index (κ2) is 4.92. The lowest BCUT2D eigenvalue weighted by molar-refractivity contribution is -0.132. The first-order valence-corrected chi connectivity index (χ1v) is 5.46. The van der Waals surface area contributed by atoms with Gasteiger partial charge < -0.3 is 9.64 Å². The van der Waals surface area contributed by atoms with Gasteiger partial charge in [0.25, 0.3) is 5.91 Å². The second-order valence-corrected chi connectivity index (χ2v) is 3.86. The lowest BCUT2D eigenvalue weighted by Crippen LogP contribution is -2.32. The summed E-state index contributed by atoms with van der Waals surface area (Å²) in [5, 5.41) is 0. The zero-order chi connectivity index (χ0) is 11.4. The maximum Gasteiger partial charge on any atom is 0.317 e. The predicted molar refractivity (Wildman–Crippen MR) is 58.1 cm³/mol. The van der Waals surface area contributed by atoms with Gasteiger partial charge in [0.2, 0.25) is 0 Å². The molecule has 0 radical (unpaired) electrons. The molecular weight excluding hydrogens is 206 g/mol. The van der Waals surface area contributed by atoms with E-state index in [9.17, 15) is 4.79 Å². The van der Waals surface area contributed by atoms with Crippen LogP contribution in [0, 0.1) is 6.92 Å². The molecule has 1 saturated heterocycles.